The van der Waals surface area contributed by atoms with Gasteiger partial charge in [-0.1, -0.05) is 12.1 Å². The molecule has 0 radical (unpaired) electrons. The molecule has 4 aromatic rings. The Morgan fingerprint density at radius 1 is 1.00 bits per heavy atom. The number of hydrogen-bond acceptors (Lipinski definition) is 5. The fourth-order valence-electron chi connectivity index (χ4n) is 6.40. The number of aryl methyl sites for hydroxylation is 1. The van der Waals surface area contributed by atoms with Crippen molar-refractivity contribution in [2.24, 2.45) is 7.05 Å². The average molecular weight is 480 g/mol. The molecule has 2 aromatic heterocycles. The third kappa shape index (κ3) is 4.08. The summed E-state index contributed by atoms with van der Waals surface area (Å²) in [6.07, 6.45) is 9.14. The van der Waals surface area contributed by atoms with Gasteiger partial charge in [0.15, 0.2) is 0 Å². The highest BCUT2D eigenvalue weighted by Gasteiger charge is 2.30. The Kier molecular flexibility index (Phi) is 6.02. The van der Waals surface area contributed by atoms with Gasteiger partial charge in [-0.05, 0) is 61.4 Å². The van der Waals surface area contributed by atoms with E-state index in [1.54, 1.807) is 7.11 Å². The van der Waals surface area contributed by atoms with Crippen LogP contribution in [0.3, 0.4) is 0 Å². The van der Waals surface area contributed by atoms with Gasteiger partial charge in [0, 0.05) is 74.0 Å². The Hall–Kier alpha value is -3.56. The fraction of sp³-hybridized carbons (Fsp3) is 0.400. The molecule has 1 saturated carbocycles. The number of methoxy groups -OCH3 is 1. The van der Waals surface area contributed by atoms with Crippen molar-refractivity contribution in [3.63, 3.8) is 0 Å². The number of ether oxygens (including phenoxy) is 1. The first-order valence-electron chi connectivity index (χ1n) is 13.1. The van der Waals surface area contributed by atoms with Crippen molar-refractivity contribution in [1.29, 1.82) is 5.26 Å². The lowest BCUT2D eigenvalue weighted by Gasteiger charge is -2.42. The normalized spacial score (nSPS) is 21.1. The van der Waals surface area contributed by atoms with Crippen molar-refractivity contribution < 1.29 is 4.74 Å². The van der Waals surface area contributed by atoms with Crippen LogP contribution in [0.4, 0.5) is 5.69 Å². The van der Waals surface area contributed by atoms with Crippen molar-refractivity contribution in [2.75, 3.05) is 38.2 Å². The molecule has 0 unspecified atom stereocenters. The number of fused-ring (bicyclic) bond motifs is 2. The van der Waals surface area contributed by atoms with Crippen LogP contribution in [0, 0.1) is 11.3 Å². The van der Waals surface area contributed by atoms with E-state index in [9.17, 15) is 5.26 Å². The van der Waals surface area contributed by atoms with Gasteiger partial charge in [0.05, 0.1) is 29.9 Å². The monoisotopic (exact) mass is 479 g/mol. The molecule has 6 heteroatoms. The van der Waals surface area contributed by atoms with Gasteiger partial charge in [0.25, 0.3) is 0 Å². The predicted octanol–water partition coefficient (Wildman–Crippen LogP) is 5.46. The molecular weight excluding hydrogens is 446 g/mol. The van der Waals surface area contributed by atoms with Crippen molar-refractivity contribution >= 4 is 27.5 Å². The minimum atomic E-state index is 0.605. The molecule has 6 rings (SSSR count). The second kappa shape index (κ2) is 9.48. The SMILES string of the molecule is COc1cc(N2CCN(C3CCC(c4cn(C)c5cc(C#N)ccc45)CC3)CC2)c2ncccc2c1. The zero-order chi connectivity index (χ0) is 24.6. The summed E-state index contributed by atoms with van der Waals surface area (Å²) in [4.78, 5) is 9.87. The van der Waals surface area contributed by atoms with E-state index in [4.69, 9.17) is 4.74 Å². The van der Waals surface area contributed by atoms with E-state index in [2.05, 4.69) is 62.9 Å². The highest BCUT2D eigenvalue weighted by atomic mass is 16.5. The molecule has 0 atom stereocenters. The van der Waals surface area contributed by atoms with Crippen LogP contribution in [0.15, 0.2) is 54.9 Å². The largest absolute Gasteiger partial charge is 0.497 e. The van der Waals surface area contributed by atoms with Gasteiger partial charge < -0.3 is 14.2 Å². The lowest BCUT2D eigenvalue weighted by atomic mass is 9.81. The maximum atomic E-state index is 9.27. The first-order chi connectivity index (χ1) is 17.6. The average Bonchev–Trinajstić information content (AvgIpc) is 3.28. The molecule has 6 nitrogen and oxygen atoms in total. The zero-order valence-corrected chi connectivity index (χ0v) is 21.2. The molecule has 2 aromatic carbocycles. The number of rotatable bonds is 4. The smallest absolute Gasteiger partial charge is 0.121 e. The van der Waals surface area contributed by atoms with Gasteiger partial charge in [-0.3, -0.25) is 9.88 Å². The van der Waals surface area contributed by atoms with Gasteiger partial charge in [-0.25, -0.2) is 0 Å². The molecule has 184 valence electrons. The van der Waals surface area contributed by atoms with Crippen molar-refractivity contribution in [1.82, 2.24) is 14.5 Å². The third-order valence-electron chi connectivity index (χ3n) is 8.35. The van der Waals surface area contributed by atoms with E-state index in [-0.39, 0.29) is 0 Å². The Labute approximate surface area is 212 Å². The first-order valence-corrected chi connectivity index (χ1v) is 13.1. The molecule has 0 amide bonds. The minimum Gasteiger partial charge on any atom is -0.497 e. The number of pyridine rings is 1. The number of piperazine rings is 1. The van der Waals surface area contributed by atoms with Crippen molar-refractivity contribution in [3.8, 4) is 11.8 Å². The molecule has 2 fully saturated rings. The molecular formula is C30H33N5O. The quantitative estimate of drug-likeness (QED) is 0.389. The van der Waals surface area contributed by atoms with Gasteiger partial charge in [-0.15, -0.1) is 0 Å². The van der Waals surface area contributed by atoms with E-state index >= 15 is 0 Å². The highest BCUT2D eigenvalue weighted by molar-refractivity contribution is 5.92. The number of anilines is 1. The third-order valence-corrected chi connectivity index (χ3v) is 8.35. The maximum Gasteiger partial charge on any atom is 0.121 e. The van der Waals surface area contributed by atoms with Gasteiger partial charge in [0.1, 0.15) is 5.75 Å². The van der Waals surface area contributed by atoms with Crippen LogP contribution in [0.5, 0.6) is 5.75 Å². The molecule has 0 bridgehead atoms. The lowest BCUT2D eigenvalue weighted by Crippen LogP contribution is -2.51. The Morgan fingerprint density at radius 3 is 2.56 bits per heavy atom. The van der Waals surface area contributed by atoms with E-state index in [0.717, 1.165) is 48.4 Å². The van der Waals surface area contributed by atoms with Gasteiger partial charge in [0.2, 0.25) is 0 Å². The molecule has 2 aliphatic rings. The number of aromatic nitrogens is 2. The second-order valence-electron chi connectivity index (χ2n) is 10.3. The molecule has 36 heavy (non-hydrogen) atoms. The first kappa shape index (κ1) is 22.9. The zero-order valence-electron chi connectivity index (χ0n) is 21.2. The number of nitriles is 1. The molecule has 0 spiro atoms. The van der Waals surface area contributed by atoms with Crippen LogP contribution in [0.1, 0.15) is 42.7 Å². The molecule has 1 saturated heterocycles. The summed E-state index contributed by atoms with van der Waals surface area (Å²) in [5.74, 6) is 1.50. The van der Waals surface area contributed by atoms with Crippen LogP contribution >= 0.6 is 0 Å². The van der Waals surface area contributed by atoms with E-state index < -0.39 is 0 Å². The highest BCUT2D eigenvalue weighted by Crippen LogP contribution is 2.39. The van der Waals surface area contributed by atoms with E-state index in [1.807, 2.05) is 24.4 Å². The van der Waals surface area contributed by atoms with Crippen LogP contribution in [0.2, 0.25) is 0 Å². The van der Waals surface area contributed by atoms with Crippen LogP contribution < -0.4 is 9.64 Å². The number of hydrogen-bond donors (Lipinski definition) is 0. The fourth-order valence-corrected chi connectivity index (χ4v) is 6.40. The number of benzene rings is 2. The standard InChI is InChI=1S/C30H33N5O/c1-33-20-27(26-10-5-21(19-31)16-28(26)33)22-6-8-24(9-7-22)34-12-14-35(15-13-34)29-18-25(36-2)17-23-4-3-11-32-30(23)29/h3-5,10-11,16-18,20,22,24H,6-9,12-15H2,1-2H3. The van der Waals surface area contributed by atoms with Crippen molar-refractivity contribution in [2.45, 2.75) is 37.6 Å². The second-order valence-corrected chi connectivity index (χ2v) is 10.3. The predicted molar refractivity (Wildman–Crippen MR) is 145 cm³/mol. The summed E-state index contributed by atoms with van der Waals surface area (Å²) < 4.78 is 7.76. The van der Waals surface area contributed by atoms with Crippen molar-refractivity contribution in [3.05, 3.63) is 66.0 Å². The lowest BCUT2D eigenvalue weighted by molar-refractivity contribution is 0.141. The molecule has 1 aliphatic heterocycles. The van der Waals surface area contributed by atoms with Crippen LogP contribution in [-0.4, -0.2) is 53.8 Å². The topological polar surface area (TPSA) is 57.3 Å². The summed E-state index contributed by atoms with van der Waals surface area (Å²) in [6.45, 7) is 4.21. The Balaban J connectivity index is 1.11. The molecule has 0 N–H and O–H groups in total. The molecule has 3 heterocycles. The molecule has 1 aliphatic carbocycles. The van der Waals surface area contributed by atoms with Crippen LogP contribution in [0.25, 0.3) is 21.8 Å². The van der Waals surface area contributed by atoms with E-state index in [0.29, 0.717) is 12.0 Å². The van der Waals surface area contributed by atoms with E-state index in [1.165, 1.54) is 47.8 Å². The summed E-state index contributed by atoms with van der Waals surface area (Å²) in [6, 6.07) is 17.4. The van der Waals surface area contributed by atoms with Gasteiger partial charge in [-0.2, -0.15) is 5.26 Å². The Bertz CT molecular complexity index is 1440. The number of nitrogens with zero attached hydrogens (tertiary/aromatic N) is 5. The Morgan fingerprint density at radius 2 is 1.81 bits per heavy atom. The van der Waals surface area contributed by atoms with Crippen LogP contribution in [-0.2, 0) is 7.05 Å². The van der Waals surface area contributed by atoms with Gasteiger partial charge >= 0.3 is 0 Å². The summed E-state index contributed by atoms with van der Waals surface area (Å²) in [5, 5.41) is 11.7. The summed E-state index contributed by atoms with van der Waals surface area (Å²) >= 11 is 0. The summed E-state index contributed by atoms with van der Waals surface area (Å²) in [5.41, 5.74) is 5.60. The summed E-state index contributed by atoms with van der Waals surface area (Å²) in [7, 11) is 3.83. The minimum absolute atomic E-state index is 0.605. The maximum absolute atomic E-state index is 9.27.